The number of rotatable bonds is 3. The van der Waals surface area contributed by atoms with Gasteiger partial charge in [0.25, 0.3) is 6.43 Å². The van der Waals surface area contributed by atoms with Gasteiger partial charge in [0.1, 0.15) is 18.3 Å². The summed E-state index contributed by atoms with van der Waals surface area (Å²) < 4.78 is 46.1. The normalized spacial score (nSPS) is 19.2. The number of amides is 1. The average Bonchev–Trinajstić information content (AvgIpc) is 2.68. The number of nitrogen functional groups attached to an aromatic ring is 1. The molecule has 7 nitrogen and oxygen atoms in total. The molecule has 142 valence electrons. The number of alkyl halides is 3. The van der Waals surface area contributed by atoms with Gasteiger partial charge < -0.3 is 20.3 Å². The summed E-state index contributed by atoms with van der Waals surface area (Å²) in [6.45, 7) is 4.78. The predicted molar refractivity (Wildman–Crippen MR) is 87.6 cm³/mol. The largest absolute Gasteiger partial charge is 0.444 e. The number of nitrogens with zero attached hydrogens (tertiary/aromatic N) is 4. The fourth-order valence-corrected chi connectivity index (χ4v) is 2.65. The molecule has 25 heavy (non-hydrogen) atoms. The van der Waals surface area contributed by atoms with E-state index >= 15 is 0 Å². The maximum atomic E-state index is 14.3. The maximum absolute atomic E-state index is 14.3. The van der Waals surface area contributed by atoms with Gasteiger partial charge >= 0.3 is 6.09 Å². The molecule has 0 saturated carbocycles. The number of hydrogen-bond donors (Lipinski definition) is 1. The molecular formula is C15H24F3N5O2. The molecule has 2 heterocycles. The number of carbonyl (C=O) groups is 1. The van der Waals surface area contributed by atoms with E-state index in [2.05, 4.69) is 5.10 Å². The molecule has 1 aliphatic heterocycles. The van der Waals surface area contributed by atoms with Gasteiger partial charge in [0.15, 0.2) is 5.82 Å². The summed E-state index contributed by atoms with van der Waals surface area (Å²) in [6, 6.07) is 0. The van der Waals surface area contributed by atoms with E-state index in [4.69, 9.17) is 10.5 Å². The number of anilines is 2. The van der Waals surface area contributed by atoms with Gasteiger partial charge in [0, 0.05) is 13.1 Å². The molecule has 0 aliphatic carbocycles. The van der Waals surface area contributed by atoms with Crippen LogP contribution in [0.25, 0.3) is 0 Å². The van der Waals surface area contributed by atoms with Crippen molar-refractivity contribution in [2.45, 2.75) is 45.5 Å². The van der Waals surface area contributed by atoms with Crippen LogP contribution in [0.5, 0.6) is 0 Å². The van der Waals surface area contributed by atoms with Crippen molar-refractivity contribution in [1.29, 1.82) is 0 Å². The quantitative estimate of drug-likeness (QED) is 0.890. The van der Waals surface area contributed by atoms with Crippen LogP contribution in [0.3, 0.4) is 0 Å². The van der Waals surface area contributed by atoms with Gasteiger partial charge in [-0.15, -0.1) is 0 Å². The Balaban J connectivity index is 2.14. The zero-order valence-corrected chi connectivity index (χ0v) is 14.6. The van der Waals surface area contributed by atoms with Gasteiger partial charge in [-0.2, -0.15) is 5.10 Å². The van der Waals surface area contributed by atoms with E-state index in [1.807, 2.05) is 0 Å². The smallest absolute Gasteiger partial charge is 0.410 e. The third-order valence-electron chi connectivity index (χ3n) is 3.58. The van der Waals surface area contributed by atoms with Crippen molar-refractivity contribution in [1.82, 2.24) is 14.7 Å². The molecule has 10 heteroatoms. The number of aromatic nitrogens is 2. The first-order valence-electron chi connectivity index (χ1n) is 8.03. The standard InChI is InChI=1S/C15H24F3N5O2/c1-15(2,3)25-14(24)22-5-4-21(7-10(16)8-22)13-11(19)6-20-23(13)9-12(17)18/h6,10,12H,4-5,7-9,19H2,1-3H3. The molecule has 0 aromatic carbocycles. The van der Waals surface area contributed by atoms with Crippen LogP contribution in [0.1, 0.15) is 20.8 Å². The van der Waals surface area contributed by atoms with Crippen LogP contribution in [0, 0.1) is 0 Å². The van der Waals surface area contributed by atoms with Crippen molar-refractivity contribution in [3.63, 3.8) is 0 Å². The van der Waals surface area contributed by atoms with E-state index in [0.717, 1.165) is 4.68 Å². The minimum Gasteiger partial charge on any atom is -0.444 e. The van der Waals surface area contributed by atoms with E-state index in [-0.39, 0.29) is 37.7 Å². The second-order valence-electron chi connectivity index (χ2n) is 6.97. The first-order chi connectivity index (χ1) is 11.6. The number of carbonyl (C=O) groups excluding carboxylic acids is 1. The summed E-state index contributed by atoms with van der Waals surface area (Å²) in [7, 11) is 0. The highest BCUT2D eigenvalue weighted by Crippen LogP contribution is 2.26. The lowest BCUT2D eigenvalue weighted by molar-refractivity contribution is 0.0229. The minimum atomic E-state index is -2.61. The summed E-state index contributed by atoms with van der Waals surface area (Å²) in [4.78, 5) is 15.0. The van der Waals surface area contributed by atoms with Crippen molar-refractivity contribution in [2.24, 2.45) is 0 Å². The van der Waals surface area contributed by atoms with Crippen LogP contribution >= 0.6 is 0 Å². The first-order valence-corrected chi connectivity index (χ1v) is 8.03. The van der Waals surface area contributed by atoms with E-state index in [9.17, 15) is 18.0 Å². The van der Waals surface area contributed by atoms with E-state index in [1.54, 1.807) is 25.7 Å². The molecule has 0 radical (unpaired) electrons. The lowest BCUT2D eigenvalue weighted by atomic mass is 10.2. The zero-order valence-electron chi connectivity index (χ0n) is 14.6. The molecule has 1 fully saturated rings. The van der Waals surface area contributed by atoms with Gasteiger partial charge in [-0.25, -0.2) is 22.6 Å². The zero-order chi connectivity index (χ0) is 18.8. The molecule has 2 rings (SSSR count). The summed E-state index contributed by atoms with van der Waals surface area (Å²) in [5.41, 5.74) is 5.33. The van der Waals surface area contributed by atoms with Crippen molar-refractivity contribution in [3.8, 4) is 0 Å². The minimum absolute atomic E-state index is 0.0710. The second kappa shape index (κ2) is 7.40. The average molecular weight is 363 g/mol. The molecule has 1 atom stereocenters. The second-order valence-corrected chi connectivity index (χ2v) is 6.97. The number of hydrogen-bond acceptors (Lipinski definition) is 5. The Bertz CT molecular complexity index is 602. The number of nitrogens with two attached hydrogens (primary N) is 1. The number of ether oxygens (including phenoxy) is 1. The molecule has 1 aromatic rings. The van der Waals surface area contributed by atoms with Gasteiger partial charge in [-0.05, 0) is 20.8 Å². The molecule has 1 aliphatic rings. The molecule has 2 N–H and O–H groups in total. The molecule has 1 unspecified atom stereocenters. The van der Waals surface area contributed by atoms with Crippen LogP contribution in [0.4, 0.5) is 29.5 Å². The molecule has 0 spiro atoms. The van der Waals surface area contributed by atoms with E-state index in [0.29, 0.717) is 0 Å². The Labute approximate surface area is 144 Å². The van der Waals surface area contributed by atoms with Crippen molar-refractivity contribution < 1.29 is 22.7 Å². The van der Waals surface area contributed by atoms with Gasteiger partial charge in [0.2, 0.25) is 0 Å². The van der Waals surface area contributed by atoms with Crippen molar-refractivity contribution >= 4 is 17.6 Å². The van der Waals surface area contributed by atoms with Crippen LogP contribution < -0.4 is 10.6 Å². The fourth-order valence-electron chi connectivity index (χ4n) is 2.65. The predicted octanol–water partition coefficient (Wildman–Crippen LogP) is 2.13. The highest BCUT2D eigenvalue weighted by Gasteiger charge is 2.31. The lowest BCUT2D eigenvalue weighted by Gasteiger charge is -2.27. The fraction of sp³-hybridized carbons (Fsp3) is 0.733. The number of halogens is 3. The Kier molecular flexibility index (Phi) is 5.69. The molecular weight excluding hydrogens is 339 g/mol. The van der Waals surface area contributed by atoms with E-state index in [1.165, 1.54) is 11.1 Å². The van der Waals surface area contributed by atoms with Crippen LogP contribution in [-0.4, -0.2) is 65.2 Å². The summed E-state index contributed by atoms with van der Waals surface area (Å²) in [6.07, 6.45) is -3.32. The summed E-state index contributed by atoms with van der Waals surface area (Å²) in [5, 5.41) is 3.83. The van der Waals surface area contributed by atoms with Crippen LogP contribution in [-0.2, 0) is 11.3 Å². The van der Waals surface area contributed by atoms with Gasteiger partial charge in [-0.1, -0.05) is 0 Å². The topological polar surface area (TPSA) is 76.6 Å². The summed E-state index contributed by atoms with van der Waals surface area (Å²) in [5.74, 6) is 0.244. The third-order valence-corrected chi connectivity index (χ3v) is 3.58. The molecule has 1 amide bonds. The molecule has 1 saturated heterocycles. The van der Waals surface area contributed by atoms with Gasteiger partial charge in [0.05, 0.1) is 25.0 Å². The maximum Gasteiger partial charge on any atom is 0.410 e. The Hall–Kier alpha value is -2.13. The van der Waals surface area contributed by atoms with Crippen molar-refractivity contribution in [2.75, 3.05) is 36.8 Å². The van der Waals surface area contributed by atoms with Crippen LogP contribution in [0.2, 0.25) is 0 Å². The SMILES string of the molecule is CC(C)(C)OC(=O)N1CCN(c2c(N)cnn2CC(F)F)CC(F)C1. The lowest BCUT2D eigenvalue weighted by Crippen LogP contribution is -2.40. The Morgan fingerprint density at radius 3 is 2.68 bits per heavy atom. The Morgan fingerprint density at radius 1 is 1.40 bits per heavy atom. The van der Waals surface area contributed by atoms with E-state index < -0.39 is 30.8 Å². The molecule has 1 aromatic heterocycles. The Morgan fingerprint density at radius 2 is 2.08 bits per heavy atom. The highest BCUT2D eigenvalue weighted by atomic mass is 19.3. The first kappa shape index (κ1) is 19.2. The third kappa shape index (κ3) is 5.17. The van der Waals surface area contributed by atoms with Crippen LogP contribution in [0.15, 0.2) is 6.20 Å². The highest BCUT2D eigenvalue weighted by molar-refractivity contribution is 5.69. The van der Waals surface area contributed by atoms with Crippen molar-refractivity contribution in [3.05, 3.63) is 6.20 Å². The van der Waals surface area contributed by atoms with Gasteiger partial charge in [-0.3, -0.25) is 0 Å². The molecule has 0 bridgehead atoms. The summed E-state index contributed by atoms with van der Waals surface area (Å²) >= 11 is 0. The monoisotopic (exact) mass is 363 g/mol.